The first-order valence-electron chi connectivity index (χ1n) is 7.11. The second-order valence-corrected chi connectivity index (χ2v) is 4.82. The van der Waals surface area contributed by atoms with Crippen molar-refractivity contribution >= 4 is 11.8 Å². The topological polar surface area (TPSA) is 67.4 Å². The van der Waals surface area contributed by atoms with Crippen molar-refractivity contribution in [2.24, 2.45) is 0 Å². The molecule has 2 N–H and O–H groups in total. The van der Waals surface area contributed by atoms with E-state index in [-0.39, 0.29) is 25.8 Å². The summed E-state index contributed by atoms with van der Waals surface area (Å²) in [5.41, 5.74) is 0. The van der Waals surface area contributed by atoms with Crippen molar-refractivity contribution in [3.63, 3.8) is 0 Å². The van der Waals surface area contributed by atoms with Crippen LogP contribution < -0.4 is 10.6 Å². The van der Waals surface area contributed by atoms with Gasteiger partial charge in [-0.2, -0.15) is 13.2 Å². The zero-order valence-corrected chi connectivity index (χ0v) is 12.1. The monoisotopic (exact) mass is 320 g/mol. The van der Waals surface area contributed by atoms with Gasteiger partial charge >= 0.3 is 12.1 Å². The highest BCUT2D eigenvalue weighted by Crippen LogP contribution is 2.13. The molecule has 0 aliphatic heterocycles. The minimum absolute atomic E-state index is 0.0969. The molecule has 8 heteroatoms. The Hall–Kier alpha value is -1.75. The molecule has 0 heterocycles. The molecule has 0 aromatic heterocycles. The highest BCUT2D eigenvalue weighted by atomic mass is 19.4. The molecule has 22 heavy (non-hydrogen) atoms. The second kappa shape index (κ2) is 9.30. The summed E-state index contributed by atoms with van der Waals surface area (Å²) in [6.07, 6.45) is -0.457. The summed E-state index contributed by atoms with van der Waals surface area (Å²) in [7, 11) is 0. The van der Waals surface area contributed by atoms with Crippen LogP contribution in [0.5, 0.6) is 0 Å². The highest BCUT2D eigenvalue weighted by molar-refractivity contribution is 5.81. The lowest BCUT2D eigenvalue weighted by Crippen LogP contribution is -2.41. The van der Waals surface area contributed by atoms with Gasteiger partial charge in [0.05, 0.1) is 0 Å². The van der Waals surface area contributed by atoms with Crippen LogP contribution in [0.2, 0.25) is 0 Å². The fraction of sp³-hybridized carbons (Fsp3) is 0.714. The van der Waals surface area contributed by atoms with Gasteiger partial charge in [0.1, 0.15) is 12.7 Å². The number of nitrogens with one attached hydrogen (secondary N) is 2. The van der Waals surface area contributed by atoms with Crippen LogP contribution >= 0.6 is 0 Å². The third kappa shape index (κ3) is 7.88. The van der Waals surface area contributed by atoms with Gasteiger partial charge in [0.25, 0.3) is 0 Å². The van der Waals surface area contributed by atoms with Crippen molar-refractivity contribution in [3.05, 3.63) is 0 Å². The molecule has 1 aliphatic carbocycles. The molecule has 2 amide bonds. The quantitative estimate of drug-likeness (QED) is 0.569. The molecule has 1 rings (SSSR count). The zero-order valence-electron chi connectivity index (χ0n) is 12.1. The average Bonchev–Trinajstić information content (AvgIpc) is 2.41. The molecule has 0 saturated heterocycles. The van der Waals surface area contributed by atoms with Crippen LogP contribution in [-0.4, -0.2) is 43.8 Å². The number of rotatable bonds is 6. The minimum Gasteiger partial charge on any atom is -0.356 e. The molecular formula is C14H19F3N2O3. The molecule has 0 aromatic rings. The number of hydrogen-bond acceptors (Lipinski definition) is 3. The van der Waals surface area contributed by atoms with Gasteiger partial charge in [-0.3, -0.25) is 9.59 Å². The highest BCUT2D eigenvalue weighted by Gasteiger charge is 2.38. The number of alkyl halides is 3. The Labute approximate surface area is 127 Å². The van der Waals surface area contributed by atoms with E-state index in [2.05, 4.69) is 17.2 Å². The summed E-state index contributed by atoms with van der Waals surface area (Å²) in [5.74, 6) is 3.44. The number of carbonyl (C=O) groups excluding carboxylic acids is 2. The molecule has 1 unspecified atom stereocenters. The Kier molecular flexibility index (Phi) is 7.74. The van der Waals surface area contributed by atoms with E-state index >= 15 is 0 Å². The van der Waals surface area contributed by atoms with E-state index in [9.17, 15) is 22.8 Å². The molecular weight excluding hydrogens is 301 g/mol. The van der Waals surface area contributed by atoms with Crippen LogP contribution in [-0.2, 0) is 14.3 Å². The summed E-state index contributed by atoms with van der Waals surface area (Å²) in [6, 6.07) is 0. The molecule has 0 fully saturated rings. The maximum absolute atomic E-state index is 11.9. The third-order valence-electron chi connectivity index (χ3n) is 2.94. The first kappa shape index (κ1) is 18.3. The Bertz CT molecular complexity index is 441. The lowest BCUT2D eigenvalue weighted by atomic mass is 10.1. The van der Waals surface area contributed by atoms with Gasteiger partial charge in [0, 0.05) is 19.5 Å². The lowest BCUT2D eigenvalue weighted by molar-refractivity contribution is -0.173. The van der Waals surface area contributed by atoms with E-state index < -0.39 is 18.0 Å². The number of hydrogen-bond donors (Lipinski definition) is 2. The molecule has 5 nitrogen and oxygen atoms in total. The van der Waals surface area contributed by atoms with Crippen molar-refractivity contribution in [3.8, 4) is 11.8 Å². The first-order valence-corrected chi connectivity index (χ1v) is 7.11. The third-order valence-corrected chi connectivity index (χ3v) is 2.94. The van der Waals surface area contributed by atoms with Gasteiger partial charge < -0.3 is 15.4 Å². The Morgan fingerprint density at radius 1 is 1.14 bits per heavy atom. The van der Waals surface area contributed by atoms with Crippen LogP contribution in [0.3, 0.4) is 0 Å². The molecule has 124 valence electrons. The molecule has 0 bridgehead atoms. The Morgan fingerprint density at radius 2 is 1.86 bits per heavy atom. The summed E-state index contributed by atoms with van der Waals surface area (Å²) in [6.45, 7) is -0.597. The van der Waals surface area contributed by atoms with E-state index in [1.54, 1.807) is 5.32 Å². The normalized spacial score (nSPS) is 18.4. The van der Waals surface area contributed by atoms with Gasteiger partial charge in [-0.1, -0.05) is 12.3 Å². The molecule has 0 saturated carbocycles. The molecule has 0 aromatic carbocycles. The number of carbonyl (C=O) groups is 2. The van der Waals surface area contributed by atoms with Gasteiger partial charge in [-0.05, 0) is 19.3 Å². The van der Waals surface area contributed by atoms with Crippen LogP contribution in [0, 0.1) is 11.8 Å². The van der Waals surface area contributed by atoms with Gasteiger partial charge in [0.15, 0.2) is 0 Å². The van der Waals surface area contributed by atoms with Crippen molar-refractivity contribution in [1.29, 1.82) is 0 Å². The zero-order chi connectivity index (χ0) is 16.4. The summed E-state index contributed by atoms with van der Waals surface area (Å²) < 4.78 is 41.0. The number of amides is 2. The van der Waals surface area contributed by atoms with Gasteiger partial charge in [0.2, 0.25) is 5.91 Å². The fourth-order valence-corrected chi connectivity index (χ4v) is 1.81. The SMILES string of the molecule is O=C(COC1C#CCCCCC1)NCCNC(=O)C(F)(F)F. The van der Waals surface area contributed by atoms with E-state index in [0.29, 0.717) is 0 Å². The minimum atomic E-state index is -4.91. The first-order chi connectivity index (χ1) is 10.4. The van der Waals surface area contributed by atoms with Crippen LogP contribution in [0.15, 0.2) is 0 Å². The predicted octanol–water partition coefficient (Wildman–Crippen LogP) is 1.13. The summed E-state index contributed by atoms with van der Waals surface area (Å²) in [4.78, 5) is 22.0. The molecule has 0 radical (unpaired) electrons. The standard InChI is InChI=1S/C14H19F3N2O3/c15-14(16,17)13(21)19-9-8-18-12(20)10-22-11-6-4-2-1-3-5-7-11/h11H,1-4,6,8-10H2,(H,18,20)(H,19,21). The Balaban J connectivity index is 2.14. The van der Waals surface area contributed by atoms with E-state index in [1.807, 2.05) is 0 Å². The van der Waals surface area contributed by atoms with Crippen LogP contribution in [0.1, 0.15) is 32.1 Å². The van der Waals surface area contributed by atoms with Crippen LogP contribution in [0.25, 0.3) is 0 Å². The summed E-state index contributed by atoms with van der Waals surface area (Å²) >= 11 is 0. The van der Waals surface area contributed by atoms with Crippen LogP contribution in [0.4, 0.5) is 13.2 Å². The van der Waals surface area contributed by atoms with Crippen molar-refractivity contribution in [2.45, 2.75) is 44.4 Å². The van der Waals surface area contributed by atoms with E-state index in [0.717, 1.165) is 32.1 Å². The van der Waals surface area contributed by atoms with Crippen molar-refractivity contribution in [2.75, 3.05) is 19.7 Å². The average molecular weight is 320 g/mol. The van der Waals surface area contributed by atoms with Crippen molar-refractivity contribution < 1.29 is 27.5 Å². The smallest absolute Gasteiger partial charge is 0.356 e. The number of ether oxygens (including phenoxy) is 1. The molecule has 1 aliphatic rings. The maximum Gasteiger partial charge on any atom is 0.471 e. The van der Waals surface area contributed by atoms with Gasteiger partial charge in [-0.15, -0.1) is 5.92 Å². The van der Waals surface area contributed by atoms with E-state index in [1.165, 1.54) is 0 Å². The molecule has 0 spiro atoms. The number of halogens is 3. The summed E-state index contributed by atoms with van der Waals surface area (Å²) in [5, 5.41) is 4.02. The largest absolute Gasteiger partial charge is 0.471 e. The maximum atomic E-state index is 11.9. The second-order valence-electron chi connectivity index (χ2n) is 4.82. The van der Waals surface area contributed by atoms with Gasteiger partial charge in [-0.25, -0.2) is 0 Å². The Morgan fingerprint density at radius 3 is 2.59 bits per heavy atom. The lowest BCUT2D eigenvalue weighted by Gasteiger charge is -2.14. The van der Waals surface area contributed by atoms with Crippen molar-refractivity contribution in [1.82, 2.24) is 10.6 Å². The predicted molar refractivity (Wildman–Crippen MR) is 72.7 cm³/mol. The fourth-order valence-electron chi connectivity index (χ4n) is 1.81. The van der Waals surface area contributed by atoms with E-state index in [4.69, 9.17) is 4.74 Å². The molecule has 1 atom stereocenters.